The Balaban J connectivity index is 1.36. The third-order valence-electron chi connectivity index (χ3n) is 17.2. The fourth-order valence-electron chi connectivity index (χ4n) is 13.5. The Morgan fingerprint density at radius 3 is 0.561 bits per heavy atom. The highest BCUT2D eigenvalue weighted by molar-refractivity contribution is 6.19. The van der Waals surface area contributed by atoms with Gasteiger partial charge in [-0.15, -0.1) is 0 Å². The lowest BCUT2D eigenvalue weighted by molar-refractivity contribution is 1.05. The molecule has 0 saturated carbocycles. The minimum atomic E-state index is 0.577. The van der Waals surface area contributed by atoms with Crippen LogP contribution < -0.4 is 0 Å². The van der Waals surface area contributed by atoms with Gasteiger partial charge in [0.15, 0.2) is 0 Å². The highest BCUT2D eigenvalue weighted by Crippen LogP contribution is 2.55. The van der Waals surface area contributed by atoms with Crippen molar-refractivity contribution in [2.75, 3.05) is 0 Å². The van der Waals surface area contributed by atoms with Crippen LogP contribution in [0.3, 0.4) is 0 Å². The van der Waals surface area contributed by atoms with E-state index in [1.807, 2.05) is 24.3 Å². The van der Waals surface area contributed by atoms with E-state index in [2.05, 4.69) is 256 Å². The molecule has 0 spiro atoms. The summed E-state index contributed by atoms with van der Waals surface area (Å²) in [5.74, 6) is 0. The smallest absolute Gasteiger partial charge is 0.0991 e. The number of aromatic nitrogens is 4. The summed E-state index contributed by atoms with van der Waals surface area (Å²) in [6, 6.07) is 76.7. The summed E-state index contributed by atoms with van der Waals surface area (Å²) in [5, 5.41) is 30.5. The van der Waals surface area contributed by atoms with Crippen LogP contribution in [0.25, 0.3) is 132 Å². The van der Waals surface area contributed by atoms with Crippen molar-refractivity contribution >= 4 is 87.2 Å². The zero-order valence-electron chi connectivity index (χ0n) is 47.2. The van der Waals surface area contributed by atoms with E-state index in [1.54, 1.807) is 0 Å². The highest BCUT2D eigenvalue weighted by Gasteiger charge is 2.36. The van der Waals surface area contributed by atoms with E-state index in [0.717, 1.165) is 132 Å². The maximum absolute atomic E-state index is 10.6. The zero-order chi connectivity index (χ0) is 56.0. The van der Waals surface area contributed by atoms with Gasteiger partial charge in [-0.25, -0.2) is 0 Å². The molecule has 4 heterocycles. The third kappa shape index (κ3) is 7.18. The van der Waals surface area contributed by atoms with Gasteiger partial charge in [0, 0.05) is 54.2 Å². The van der Waals surface area contributed by atoms with Crippen LogP contribution in [-0.4, -0.2) is 18.3 Å². The fourth-order valence-corrected chi connectivity index (χ4v) is 13.5. The van der Waals surface area contributed by atoms with Gasteiger partial charge in [-0.1, -0.05) is 117 Å². The topological polar surface area (TPSA) is 67.3 Å². The van der Waals surface area contributed by atoms with E-state index >= 15 is 0 Å². The molecule has 0 atom stereocenters. The van der Waals surface area contributed by atoms with Crippen LogP contribution in [0, 0.1) is 78.1 Å². The highest BCUT2D eigenvalue weighted by atomic mass is 15.1. The Hall–Kier alpha value is -10.4. The number of nitrogens with zero attached hydrogens (tertiary/aromatic N) is 6. The van der Waals surface area contributed by atoms with Crippen molar-refractivity contribution in [1.82, 2.24) is 18.3 Å². The van der Waals surface area contributed by atoms with E-state index in [-0.39, 0.29) is 0 Å². The molecule has 6 nitrogen and oxygen atoms in total. The molecule has 82 heavy (non-hydrogen) atoms. The minimum Gasteiger partial charge on any atom is -0.306 e. The van der Waals surface area contributed by atoms with Crippen molar-refractivity contribution in [2.45, 2.75) is 55.4 Å². The van der Waals surface area contributed by atoms with Crippen LogP contribution in [0.2, 0.25) is 0 Å². The Kier molecular flexibility index (Phi) is 10.7. The van der Waals surface area contributed by atoms with Gasteiger partial charge in [0.1, 0.15) is 0 Å². The van der Waals surface area contributed by atoms with Crippen LogP contribution >= 0.6 is 0 Å². The summed E-state index contributed by atoms with van der Waals surface area (Å²) in [4.78, 5) is 0. The molecule has 0 radical (unpaired) electrons. The second-order valence-electron chi connectivity index (χ2n) is 23.0. The molecule has 0 bridgehead atoms. The van der Waals surface area contributed by atoms with Crippen molar-refractivity contribution in [2.24, 2.45) is 0 Å². The van der Waals surface area contributed by atoms with Crippen molar-refractivity contribution < 1.29 is 0 Å². The first-order valence-electron chi connectivity index (χ1n) is 28.2. The molecule has 11 aromatic carbocycles. The first-order chi connectivity index (χ1) is 39.8. The van der Waals surface area contributed by atoms with E-state index in [9.17, 15) is 10.5 Å². The summed E-state index contributed by atoms with van der Waals surface area (Å²) in [5.41, 5.74) is 26.8. The van der Waals surface area contributed by atoms with Crippen molar-refractivity contribution in [3.63, 3.8) is 0 Å². The van der Waals surface area contributed by atoms with Gasteiger partial charge in [0.05, 0.1) is 90.1 Å². The number of hydrogen-bond donors (Lipinski definition) is 0. The summed E-state index contributed by atoms with van der Waals surface area (Å²) in [6.45, 7) is 17.5. The second kappa shape index (κ2) is 18.1. The van der Waals surface area contributed by atoms with E-state index in [0.29, 0.717) is 11.1 Å². The number of aryl methyl sites for hydroxylation is 8. The summed E-state index contributed by atoms with van der Waals surface area (Å²) in [7, 11) is 0. The van der Waals surface area contributed by atoms with Crippen LogP contribution in [0.5, 0.6) is 0 Å². The lowest BCUT2D eigenvalue weighted by Gasteiger charge is -2.31. The van der Waals surface area contributed by atoms with Crippen LogP contribution in [-0.2, 0) is 0 Å². The molecule has 6 heteroatoms. The van der Waals surface area contributed by atoms with Crippen LogP contribution in [0.15, 0.2) is 194 Å². The van der Waals surface area contributed by atoms with Gasteiger partial charge in [-0.3, -0.25) is 0 Å². The second-order valence-corrected chi connectivity index (χ2v) is 23.0. The predicted molar refractivity (Wildman–Crippen MR) is 342 cm³/mol. The summed E-state index contributed by atoms with van der Waals surface area (Å²) < 4.78 is 10.2. The number of fused-ring (bicyclic) bond motifs is 12. The standard InChI is InChI=1S/C76H56N6/c1-43-9-25-63-55(33-43)56-34-44(2)10-26-64(56)79(63)73-71(53-21-17-51(41-77)18-22-53)75(81-67-29-13-47(5)37-59(67)60-38-48(6)14-30-68(60)81)76(82-69-31-15-49(7)39-61(69)62-40-50(8)16-32-70(62)82)72(54-23-19-52(42-78)20-24-54)74(73)80-65-27-11-45(3)35-57(65)58-36-46(4)12-28-66(58)80/h9-40H,1-8H3. The zero-order valence-corrected chi connectivity index (χ0v) is 47.2. The predicted octanol–water partition coefficient (Wildman–Crippen LogP) is 19.6. The van der Waals surface area contributed by atoms with Gasteiger partial charge in [-0.05, 0) is 188 Å². The SMILES string of the molecule is Cc1ccc2c(c1)c1cc(C)ccc1n2-c1c(-c2ccc(C#N)cc2)c(-n2c3ccc(C)cc3c3cc(C)ccc32)c(-n2c3ccc(C)cc3c3cc(C)ccc32)c(-c2ccc(C#N)cc2)c1-n1c2ccc(C)cc2c2cc(C)ccc21. The molecule has 0 amide bonds. The maximum Gasteiger partial charge on any atom is 0.0991 e. The first kappa shape index (κ1) is 48.7. The van der Waals surface area contributed by atoms with Gasteiger partial charge in [-0.2, -0.15) is 10.5 Å². The first-order valence-corrected chi connectivity index (χ1v) is 28.2. The molecule has 390 valence electrons. The summed E-state index contributed by atoms with van der Waals surface area (Å²) in [6.07, 6.45) is 0. The molecular formula is C76H56N6. The van der Waals surface area contributed by atoms with Gasteiger partial charge < -0.3 is 18.3 Å². The maximum atomic E-state index is 10.6. The Morgan fingerprint density at radius 1 is 0.232 bits per heavy atom. The largest absolute Gasteiger partial charge is 0.306 e. The number of rotatable bonds is 6. The number of nitriles is 2. The van der Waals surface area contributed by atoms with Crippen LogP contribution in [0.4, 0.5) is 0 Å². The Morgan fingerprint density at radius 2 is 0.402 bits per heavy atom. The molecule has 0 N–H and O–H groups in total. The third-order valence-corrected chi connectivity index (χ3v) is 17.2. The molecule has 0 aliphatic rings. The molecule has 0 saturated heterocycles. The number of benzene rings is 11. The Bertz CT molecular complexity index is 4520. The van der Waals surface area contributed by atoms with Crippen molar-refractivity contribution in [1.29, 1.82) is 10.5 Å². The number of hydrogen-bond acceptors (Lipinski definition) is 2. The van der Waals surface area contributed by atoms with Gasteiger partial charge in [0.2, 0.25) is 0 Å². The molecule has 0 fully saturated rings. The monoisotopic (exact) mass is 1050 g/mol. The molecule has 0 aliphatic carbocycles. The quantitative estimate of drug-likeness (QED) is 0.167. The van der Waals surface area contributed by atoms with E-state index in [4.69, 9.17) is 0 Å². The summed E-state index contributed by atoms with van der Waals surface area (Å²) >= 11 is 0. The lowest BCUT2D eigenvalue weighted by atomic mass is 9.89. The average Bonchev–Trinajstić information content (AvgIpc) is 1.60. The fraction of sp³-hybridized carbons (Fsp3) is 0.105. The molecule has 4 aromatic heterocycles. The molecule has 0 unspecified atom stereocenters. The van der Waals surface area contributed by atoms with E-state index < -0.39 is 0 Å². The normalized spacial score (nSPS) is 11.9. The van der Waals surface area contributed by atoms with Crippen molar-refractivity contribution in [3.8, 4) is 57.1 Å². The molecular weight excluding hydrogens is 997 g/mol. The molecule has 15 rings (SSSR count). The Labute approximate surface area is 475 Å². The molecule has 0 aliphatic heterocycles. The van der Waals surface area contributed by atoms with Gasteiger partial charge >= 0.3 is 0 Å². The van der Waals surface area contributed by atoms with Crippen LogP contribution in [0.1, 0.15) is 55.6 Å². The average molecular weight is 1050 g/mol. The van der Waals surface area contributed by atoms with E-state index in [1.165, 1.54) is 44.5 Å². The van der Waals surface area contributed by atoms with Crippen molar-refractivity contribution in [3.05, 3.63) is 250 Å². The van der Waals surface area contributed by atoms with Gasteiger partial charge in [0.25, 0.3) is 0 Å². The lowest BCUT2D eigenvalue weighted by Crippen LogP contribution is -2.16. The molecule has 15 aromatic rings. The minimum absolute atomic E-state index is 0.577.